The van der Waals surface area contributed by atoms with Crippen molar-refractivity contribution in [1.82, 2.24) is 4.90 Å². The molecule has 1 fully saturated rings. The minimum Gasteiger partial charge on any atom is -0.380 e. The first-order valence-corrected chi connectivity index (χ1v) is 5.27. The van der Waals surface area contributed by atoms with Crippen LogP contribution in [0.15, 0.2) is 0 Å². The van der Waals surface area contributed by atoms with E-state index >= 15 is 0 Å². The van der Waals surface area contributed by atoms with Gasteiger partial charge in [-0.25, -0.2) is 0 Å². The topological polar surface area (TPSA) is 38.5 Å². The second-order valence-corrected chi connectivity index (χ2v) is 3.81. The summed E-state index contributed by atoms with van der Waals surface area (Å²) in [4.78, 5) is 2.48. The van der Waals surface area contributed by atoms with Crippen molar-refractivity contribution in [1.29, 1.82) is 0 Å². The highest BCUT2D eigenvalue weighted by molar-refractivity contribution is 4.79. The quantitative estimate of drug-likeness (QED) is 0.702. The Hall–Kier alpha value is -0.120. The lowest BCUT2D eigenvalue weighted by molar-refractivity contribution is 0.0225. The molecule has 1 aliphatic heterocycles. The van der Waals surface area contributed by atoms with Crippen LogP contribution < -0.4 is 5.73 Å². The van der Waals surface area contributed by atoms with E-state index in [1.807, 2.05) is 0 Å². The molecule has 1 saturated heterocycles. The Balaban J connectivity index is 2.40. The van der Waals surface area contributed by atoms with Crippen molar-refractivity contribution in [3.63, 3.8) is 0 Å². The fourth-order valence-electron chi connectivity index (χ4n) is 2.16. The van der Waals surface area contributed by atoms with Crippen LogP contribution in [0.5, 0.6) is 0 Å². The van der Waals surface area contributed by atoms with Crippen molar-refractivity contribution in [3.8, 4) is 0 Å². The van der Waals surface area contributed by atoms with Gasteiger partial charge < -0.3 is 15.4 Å². The van der Waals surface area contributed by atoms with E-state index in [1.165, 1.54) is 19.4 Å². The van der Waals surface area contributed by atoms with Crippen molar-refractivity contribution < 1.29 is 4.74 Å². The van der Waals surface area contributed by atoms with E-state index in [4.69, 9.17) is 10.5 Å². The summed E-state index contributed by atoms with van der Waals surface area (Å²) >= 11 is 0. The summed E-state index contributed by atoms with van der Waals surface area (Å²) in [6.07, 6.45) is 2.82. The SMILES string of the molecule is CCN1CCCC(C(CN)OC)C1. The molecule has 0 aromatic heterocycles. The zero-order chi connectivity index (χ0) is 9.68. The number of piperidine rings is 1. The summed E-state index contributed by atoms with van der Waals surface area (Å²) in [5.74, 6) is 0.642. The minimum absolute atomic E-state index is 0.259. The van der Waals surface area contributed by atoms with Gasteiger partial charge in [-0.1, -0.05) is 6.92 Å². The Kier molecular flexibility index (Phi) is 4.70. The third-order valence-corrected chi connectivity index (χ3v) is 3.05. The van der Waals surface area contributed by atoms with Crippen LogP contribution in [0.2, 0.25) is 0 Å². The van der Waals surface area contributed by atoms with Crippen LogP contribution in [0.1, 0.15) is 19.8 Å². The monoisotopic (exact) mass is 186 g/mol. The highest BCUT2D eigenvalue weighted by atomic mass is 16.5. The van der Waals surface area contributed by atoms with Crippen molar-refractivity contribution in [3.05, 3.63) is 0 Å². The fraction of sp³-hybridized carbons (Fsp3) is 1.00. The zero-order valence-corrected chi connectivity index (χ0v) is 8.83. The fourth-order valence-corrected chi connectivity index (χ4v) is 2.16. The number of nitrogens with two attached hydrogens (primary N) is 1. The first kappa shape index (κ1) is 11.0. The van der Waals surface area contributed by atoms with E-state index in [0.29, 0.717) is 12.5 Å². The molecule has 78 valence electrons. The van der Waals surface area contributed by atoms with Crippen LogP contribution in [0, 0.1) is 5.92 Å². The summed E-state index contributed by atoms with van der Waals surface area (Å²) < 4.78 is 5.38. The van der Waals surface area contributed by atoms with Gasteiger partial charge in [0.25, 0.3) is 0 Å². The van der Waals surface area contributed by atoms with Gasteiger partial charge >= 0.3 is 0 Å². The Morgan fingerprint density at radius 2 is 2.38 bits per heavy atom. The van der Waals surface area contributed by atoms with Crippen LogP contribution in [-0.4, -0.2) is 44.3 Å². The largest absolute Gasteiger partial charge is 0.380 e. The van der Waals surface area contributed by atoms with Gasteiger partial charge in [0.2, 0.25) is 0 Å². The van der Waals surface area contributed by atoms with Gasteiger partial charge in [0, 0.05) is 20.2 Å². The molecular formula is C10H22N2O. The number of hydrogen-bond donors (Lipinski definition) is 1. The van der Waals surface area contributed by atoms with Gasteiger partial charge in [0.05, 0.1) is 6.10 Å². The molecule has 1 heterocycles. The van der Waals surface area contributed by atoms with E-state index in [1.54, 1.807) is 7.11 Å². The van der Waals surface area contributed by atoms with Gasteiger partial charge in [-0.2, -0.15) is 0 Å². The smallest absolute Gasteiger partial charge is 0.0733 e. The molecule has 0 spiro atoms. The average Bonchev–Trinajstić information content (AvgIpc) is 2.20. The lowest BCUT2D eigenvalue weighted by atomic mass is 9.92. The first-order chi connectivity index (χ1) is 6.31. The molecule has 1 rings (SSSR count). The Morgan fingerprint density at radius 3 is 2.92 bits per heavy atom. The van der Waals surface area contributed by atoms with E-state index in [2.05, 4.69) is 11.8 Å². The van der Waals surface area contributed by atoms with Crippen molar-refractivity contribution in [2.45, 2.75) is 25.9 Å². The minimum atomic E-state index is 0.259. The van der Waals surface area contributed by atoms with Gasteiger partial charge in [-0.3, -0.25) is 0 Å². The second-order valence-electron chi connectivity index (χ2n) is 3.81. The number of ether oxygens (including phenoxy) is 1. The van der Waals surface area contributed by atoms with Crippen LogP contribution in [0.4, 0.5) is 0 Å². The molecule has 13 heavy (non-hydrogen) atoms. The number of hydrogen-bond acceptors (Lipinski definition) is 3. The van der Waals surface area contributed by atoms with Gasteiger partial charge in [-0.15, -0.1) is 0 Å². The van der Waals surface area contributed by atoms with Crippen LogP contribution in [0.3, 0.4) is 0 Å². The third-order valence-electron chi connectivity index (χ3n) is 3.05. The lowest BCUT2D eigenvalue weighted by Gasteiger charge is -2.35. The van der Waals surface area contributed by atoms with E-state index in [0.717, 1.165) is 13.1 Å². The average molecular weight is 186 g/mol. The van der Waals surface area contributed by atoms with E-state index < -0.39 is 0 Å². The van der Waals surface area contributed by atoms with Crippen LogP contribution in [-0.2, 0) is 4.74 Å². The Labute approximate surface area is 81.2 Å². The standard InChI is InChI=1S/C10H22N2O/c1-3-12-6-4-5-9(8-12)10(7-11)13-2/h9-10H,3-8,11H2,1-2H3. The van der Waals surface area contributed by atoms with E-state index in [-0.39, 0.29) is 6.10 Å². The lowest BCUT2D eigenvalue weighted by Crippen LogP contribution is -2.43. The van der Waals surface area contributed by atoms with Crippen molar-refractivity contribution in [2.75, 3.05) is 33.3 Å². The van der Waals surface area contributed by atoms with Gasteiger partial charge in [-0.05, 0) is 31.8 Å². The highest BCUT2D eigenvalue weighted by Crippen LogP contribution is 2.20. The maximum absolute atomic E-state index is 5.66. The molecule has 3 heteroatoms. The van der Waals surface area contributed by atoms with E-state index in [9.17, 15) is 0 Å². The van der Waals surface area contributed by atoms with Crippen molar-refractivity contribution >= 4 is 0 Å². The summed E-state index contributed by atoms with van der Waals surface area (Å²) in [5, 5.41) is 0. The maximum Gasteiger partial charge on any atom is 0.0733 e. The normalized spacial score (nSPS) is 27.5. The Bertz CT molecular complexity index is 137. The summed E-state index contributed by atoms with van der Waals surface area (Å²) in [5.41, 5.74) is 5.66. The predicted octanol–water partition coefficient (Wildman–Crippen LogP) is 0.692. The number of methoxy groups -OCH3 is 1. The van der Waals surface area contributed by atoms with Crippen molar-refractivity contribution in [2.24, 2.45) is 11.7 Å². The van der Waals surface area contributed by atoms with Crippen LogP contribution in [0.25, 0.3) is 0 Å². The molecule has 1 aliphatic rings. The zero-order valence-electron chi connectivity index (χ0n) is 8.83. The number of rotatable bonds is 4. The van der Waals surface area contributed by atoms with Gasteiger partial charge in [0.1, 0.15) is 0 Å². The summed E-state index contributed by atoms with van der Waals surface area (Å²) in [7, 11) is 1.77. The summed E-state index contributed by atoms with van der Waals surface area (Å²) in [6, 6.07) is 0. The second kappa shape index (κ2) is 5.58. The molecule has 3 nitrogen and oxygen atoms in total. The number of nitrogens with zero attached hydrogens (tertiary/aromatic N) is 1. The highest BCUT2D eigenvalue weighted by Gasteiger charge is 2.25. The molecule has 2 unspecified atom stereocenters. The maximum atomic E-state index is 5.66. The molecule has 0 saturated carbocycles. The molecular weight excluding hydrogens is 164 g/mol. The molecule has 0 aromatic rings. The first-order valence-electron chi connectivity index (χ1n) is 5.27. The predicted molar refractivity (Wildman–Crippen MR) is 54.7 cm³/mol. The molecule has 0 aromatic carbocycles. The Morgan fingerprint density at radius 1 is 1.62 bits per heavy atom. The molecule has 0 aliphatic carbocycles. The third kappa shape index (κ3) is 2.93. The molecule has 0 bridgehead atoms. The molecule has 2 N–H and O–H groups in total. The summed E-state index contributed by atoms with van der Waals surface area (Å²) in [6.45, 7) is 6.42. The van der Waals surface area contributed by atoms with Gasteiger partial charge in [0.15, 0.2) is 0 Å². The van der Waals surface area contributed by atoms with Crippen LogP contribution >= 0.6 is 0 Å². The molecule has 0 radical (unpaired) electrons. The number of likely N-dealkylation sites (tertiary alicyclic amines) is 1. The molecule has 0 amide bonds. The molecule has 2 atom stereocenters.